The minimum atomic E-state index is 0.962. The minimum Gasteiger partial charge on any atom is -0.456 e. The van der Waals surface area contributed by atoms with Gasteiger partial charge in [-0.25, -0.2) is 0 Å². The van der Waals surface area contributed by atoms with E-state index in [1.807, 2.05) is 6.07 Å². The van der Waals surface area contributed by atoms with Crippen molar-refractivity contribution in [3.63, 3.8) is 0 Å². The summed E-state index contributed by atoms with van der Waals surface area (Å²) in [6, 6.07) is 19.6. The second kappa shape index (κ2) is 5.38. The van der Waals surface area contributed by atoms with Gasteiger partial charge < -0.3 is 8.98 Å². The molecule has 0 aliphatic rings. The molecule has 0 N–H and O–H groups in total. The predicted molar refractivity (Wildman–Crippen MR) is 106 cm³/mol. The van der Waals surface area contributed by atoms with E-state index in [-0.39, 0.29) is 0 Å². The highest BCUT2D eigenvalue weighted by Gasteiger charge is 2.16. The maximum absolute atomic E-state index is 6.10. The van der Waals surface area contributed by atoms with Gasteiger partial charge >= 0.3 is 0 Å². The van der Waals surface area contributed by atoms with Crippen molar-refractivity contribution in [2.24, 2.45) is 7.05 Å². The molecule has 0 unspecified atom stereocenters. The Kier molecular flexibility index (Phi) is 3.14. The normalized spacial score (nSPS) is 12.1. The lowest BCUT2D eigenvalue weighted by Gasteiger charge is -2.01. The lowest BCUT2D eigenvalue weighted by Crippen LogP contribution is -1.87. The second-order valence-electron chi connectivity index (χ2n) is 6.95. The molecule has 0 saturated carbocycles. The zero-order valence-electron chi connectivity index (χ0n) is 14.7. The number of unbranched alkanes of at least 4 members (excludes halogenated alkanes) is 1. The zero-order chi connectivity index (χ0) is 17.0. The smallest absolute Gasteiger partial charge is 0.136 e. The average molecular weight is 327 g/mol. The molecule has 0 aliphatic carbocycles. The molecule has 2 aromatic heterocycles. The third-order valence-corrected chi connectivity index (χ3v) is 5.39. The van der Waals surface area contributed by atoms with Gasteiger partial charge in [0, 0.05) is 39.6 Å². The van der Waals surface area contributed by atoms with Crippen LogP contribution in [0.4, 0.5) is 0 Å². The number of fused-ring (bicyclic) bond motifs is 7. The van der Waals surface area contributed by atoms with Crippen molar-refractivity contribution in [1.29, 1.82) is 0 Å². The second-order valence-corrected chi connectivity index (χ2v) is 6.95. The van der Waals surface area contributed by atoms with Crippen LogP contribution in [0.25, 0.3) is 43.7 Å². The van der Waals surface area contributed by atoms with Crippen molar-refractivity contribution in [2.45, 2.75) is 26.2 Å². The average Bonchev–Trinajstić information content (AvgIpc) is 3.15. The van der Waals surface area contributed by atoms with Gasteiger partial charge in [0.1, 0.15) is 11.2 Å². The molecule has 0 amide bonds. The predicted octanol–water partition coefficient (Wildman–Crippen LogP) is 6.57. The Morgan fingerprint density at radius 1 is 0.840 bits per heavy atom. The Morgan fingerprint density at radius 3 is 2.56 bits per heavy atom. The molecule has 5 aromatic rings. The number of rotatable bonds is 3. The van der Waals surface area contributed by atoms with E-state index in [4.69, 9.17) is 4.42 Å². The maximum atomic E-state index is 6.10. The molecular formula is C23H21NO. The number of aryl methyl sites for hydroxylation is 2. The van der Waals surface area contributed by atoms with Crippen LogP contribution >= 0.6 is 0 Å². The van der Waals surface area contributed by atoms with Gasteiger partial charge in [-0.05, 0) is 48.7 Å². The first-order chi connectivity index (χ1) is 12.3. The van der Waals surface area contributed by atoms with Crippen molar-refractivity contribution in [3.05, 3.63) is 60.2 Å². The molecule has 0 fully saturated rings. The van der Waals surface area contributed by atoms with Crippen LogP contribution in [0.2, 0.25) is 0 Å². The number of benzene rings is 3. The maximum Gasteiger partial charge on any atom is 0.136 e. The third-order valence-electron chi connectivity index (χ3n) is 5.39. The molecule has 25 heavy (non-hydrogen) atoms. The van der Waals surface area contributed by atoms with Crippen molar-refractivity contribution in [2.75, 3.05) is 0 Å². The molecule has 0 bridgehead atoms. The molecule has 0 aliphatic heterocycles. The highest BCUT2D eigenvalue weighted by atomic mass is 16.3. The summed E-state index contributed by atoms with van der Waals surface area (Å²) in [5, 5.41) is 5.10. The fraction of sp³-hybridized carbons (Fsp3) is 0.217. The van der Waals surface area contributed by atoms with Gasteiger partial charge in [-0.2, -0.15) is 0 Å². The lowest BCUT2D eigenvalue weighted by atomic mass is 10.0. The fourth-order valence-electron chi connectivity index (χ4n) is 4.10. The lowest BCUT2D eigenvalue weighted by molar-refractivity contribution is 0.669. The molecule has 5 rings (SSSR count). The molecule has 0 atom stereocenters. The number of hydrogen-bond acceptors (Lipinski definition) is 1. The van der Waals surface area contributed by atoms with Crippen LogP contribution in [0.3, 0.4) is 0 Å². The van der Waals surface area contributed by atoms with Crippen LogP contribution in [0.15, 0.2) is 59.0 Å². The Bertz CT molecular complexity index is 1240. The fourth-order valence-corrected chi connectivity index (χ4v) is 4.10. The standard InChI is InChI=1S/C23H21NO/c1-3-4-7-15-10-11-18-17(14-15)22-19(24(18)2)12-13-21-23(22)16-8-5-6-9-20(16)25-21/h5-6,8-14H,3-4,7H2,1-2H3. The first kappa shape index (κ1) is 14.6. The molecule has 2 nitrogen and oxygen atoms in total. The summed E-state index contributed by atoms with van der Waals surface area (Å²) < 4.78 is 8.41. The van der Waals surface area contributed by atoms with Crippen molar-refractivity contribution in [1.82, 2.24) is 4.57 Å². The summed E-state index contributed by atoms with van der Waals surface area (Å²) in [7, 11) is 2.16. The van der Waals surface area contributed by atoms with E-state index < -0.39 is 0 Å². The number of aromatic nitrogens is 1. The van der Waals surface area contributed by atoms with Crippen molar-refractivity contribution in [3.8, 4) is 0 Å². The van der Waals surface area contributed by atoms with E-state index in [1.54, 1.807) is 0 Å². The summed E-state index contributed by atoms with van der Waals surface area (Å²) in [6.45, 7) is 2.25. The Morgan fingerprint density at radius 2 is 1.68 bits per heavy atom. The van der Waals surface area contributed by atoms with Crippen LogP contribution in [0.5, 0.6) is 0 Å². The number of furan rings is 1. The van der Waals surface area contributed by atoms with Gasteiger partial charge in [0.05, 0.1) is 0 Å². The van der Waals surface area contributed by atoms with Crippen LogP contribution in [0, 0.1) is 0 Å². The monoisotopic (exact) mass is 327 g/mol. The zero-order valence-corrected chi connectivity index (χ0v) is 14.7. The van der Waals surface area contributed by atoms with Crippen LogP contribution < -0.4 is 0 Å². The molecular weight excluding hydrogens is 306 g/mol. The highest BCUT2D eigenvalue weighted by molar-refractivity contribution is 6.26. The van der Waals surface area contributed by atoms with Gasteiger partial charge in [-0.1, -0.05) is 37.6 Å². The van der Waals surface area contributed by atoms with Crippen molar-refractivity contribution < 1.29 is 4.42 Å². The third kappa shape index (κ3) is 2.03. The minimum absolute atomic E-state index is 0.962. The summed E-state index contributed by atoms with van der Waals surface area (Å²) in [5.74, 6) is 0. The van der Waals surface area contributed by atoms with E-state index >= 15 is 0 Å². The van der Waals surface area contributed by atoms with Gasteiger partial charge in [0.2, 0.25) is 0 Å². The quantitative estimate of drug-likeness (QED) is 0.366. The Balaban J connectivity index is 1.95. The van der Waals surface area contributed by atoms with Crippen LogP contribution in [-0.4, -0.2) is 4.57 Å². The molecule has 3 aromatic carbocycles. The van der Waals surface area contributed by atoms with Crippen LogP contribution in [-0.2, 0) is 13.5 Å². The largest absolute Gasteiger partial charge is 0.456 e. The summed E-state index contributed by atoms with van der Waals surface area (Å²) >= 11 is 0. The summed E-state index contributed by atoms with van der Waals surface area (Å²) in [4.78, 5) is 0. The highest BCUT2D eigenvalue weighted by Crippen LogP contribution is 2.39. The summed E-state index contributed by atoms with van der Waals surface area (Å²) in [6.07, 6.45) is 3.61. The summed E-state index contributed by atoms with van der Waals surface area (Å²) in [5.41, 5.74) is 5.91. The topological polar surface area (TPSA) is 18.1 Å². The number of hydrogen-bond donors (Lipinski definition) is 0. The van der Waals surface area contributed by atoms with E-state index in [2.05, 4.69) is 67.1 Å². The molecule has 124 valence electrons. The molecule has 0 saturated heterocycles. The van der Waals surface area contributed by atoms with Gasteiger partial charge in [-0.3, -0.25) is 0 Å². The molecule has 2 heteroatoms. The van der Waals surface area contributed by atoms with Crippen LogP contribution in [0.1, 0.15) is 25.3 Å². The number of para-hydroxylation sites is 1. The first-order valence-corrected chi connectivity index (χ1v) is 9.09. The Hall–Kier alpha value is -2.74. The van der Waals surface area contributed by atoms with E-state index in [9.17, 15) is 0 Å². The van der Waals surface area contributed by atoms with Gasteiger partial charge in [0.25, 0.3) is 0 Å². The molecule has 0 spiro atoms. The van der Waals surface area contributed by atoms with Gasteiger partial charge in [0.15, 0.2) is 0 Å². The van der Waals surface area contributed by atoms with E-state index in [0.29, 0.717) is 0 Å². The van der Waals surface area contributed by atoms with Crippen molar-refractivity contribution >= 4 is 43.7 Å². The first-order valence-electron chi connectivity index (χ1n) is 9.09. The Labute approximate surface area is 146 Å². The SMILES string of the molecule is CCCCc1ccc2c(c1)c1c3c(ccc1n2C)oc1ccccc13. The van der Waals surface area contributed by atoms with E-state index in [1.165, 1.54) is 51.0 Å². The molecule has 0 radical (unpaired) electrons. The molecule has 2 heterocycles. The van der Waals surface area contributed by atoms with E-state index in [0.717, 1.165) is 17.6 Å². The number of nitrogens with zero attached hydrogens (tertiary/aromatic N) is 1. The van der Waals surface area contributed by atoms with Gasteiger partial charge in [-0.15, -0.1) is 0 Å².